The lowest BCUT2D eigenvalue weighted by Gasteiger charge is -2.27. The molecule has 0 saturated carbocycles. The van der Waals surface area contributed by atoms with Gasteiger partial charge in [-0.05, 0) is 37.4 Å². The highest BCUT2D eigenvalue weighted by Gasteiger charge is 2.45. The van der Waals surface area contributed by atoms with Crippen molar-refractivity contribution in [2.24, 2.45) is 0 Å². The zero-order valence-electron chi connectivity index (χ0n) is 16.6. The number of hydrogen-bond donors (Lipinski definition) is 3. The van der Waals surface area contributed by atoms with Crippen LogP contribution in [0.5, 0.6) is 0 Å². The normalized spacial score (nSPS) is 23.3. The maximum Gasteiger partial charge on any atom is 0.262 e. The largest absolute Gasteiger partial charge is 0.357 e. The van der Waals surface area contributed by atoms with Gasteiger partial charge in [0.1, 0.15) is 6.04 Å². The zero-order chi connectivity index (χ0) is 21.5. The third-order valence-electron chi connectivity index (χ3n) is 5.92. The second-order valence-electron chi connectivity index (χ2n) is 7.87. The van der Waals surface area contributed by atoms with Crippen molar-refractivity contribution in [2.45, 2.75) is 44.3 Å². The maximum absolute atomic E-state index is 13.1. The number of rotatable bonds is 5. The summed E-state index contributed by atoms with van der Waals surface area (Å²) in [6.07, 6.45) is 2.45. The van der Waals surface area contributed by atoms with Gasteiger partial charge in [0.2, 0.25) is 11.8 Å². The van der Waals surface area contributed by atoms with E-state index < -0.39 is 29.7 Å². The molecule has 2 atom stereocenters. The van der Waals surface area contributed by atoms with Crippen LogP contribution in [0.1, 0.15) is 63.7 Å². The first kappa shape index (κ1) is 19.8. The first-order chi connectivity index (χ1) is 15.0. The average molecular weight is 439 g/mol. The van der Waals surface area contributed by atoms with E-state index in [1.807, 2.05) is 5.38 Å². The average Bonchev–Trinajstić information content (AvgIpc) is 3.49. The Kier molecular flexibility index (Phi) is 5.03. The molecule has 10 heteroatoms. The summed E-state index contributed by atoms with van der Waals surface area (Å²) in [6.45, 7) is 1.33. The quantitative estimate of drug-likeness (QED) is 0.605. The van der Waals surface area contributed by atoms with Gasteiger partial charge in [-0.3, -0.25) is 29.4 Å². The molecule has 4 amide bonds. The topological polar surface area (TPSA) is 120 Å². The van der Waals surface area contributed by atoms with Crippen LogP contribution in [0, 0.1) is 0 Å². The van der Waals surface area contributed by atoms with E-state index in [1.165, 1.54) is 11.3 Å². The van der Waals surface area contributed by atoms with E-state index in [-0.39, 0.29) is 24.4 Å². The molecule has 9 nitrogen and oxygen atoms in total. The Labute approximate surface area is 182 Å². The minimum Gasteiger partial charge on any atom is -0.357 e. The smallest absolute Gasteiger partial charge is 0.262 e. The minimum atomic E-state index is -0.966. The number of anilines is 1. The van der Waals surface area contributed by atoms with E-state index in [2.05, 4.69) is 20.9 Å². The number of amides is 4. The molecule has 1 aromatic heterocycles. The highest BCUT2D eigenvalue weighted by atomic mass is 32.1. The predicted octanol–water partition coefficient (Wildman–Crippen LogP) is 1.58. The van der Waals surface area contributed by atoms with Crippen LogP contribution in [-0.4, -0.2) is 46.1 Å². The fourth-order valence-corrected chi connectivity index (χ4v) is 5.13. The summed E-state index contributed by atoms with van der Waals surface area (Å²) >= 11 is 1.50. The van der Waals surface area contributed by atoms with Crippen molar-refractivity contribution in [3.05, 3.63) is 46.0 Å². The molecular weight excluding hydrogens is 418 g/mol. The van der Waals surface area contributed by atoms with E-state index in [4.69, 9.17) is 0 Å². The summed E-state index contributed by atoms with van der Waals surface area (Å²) in [6, 6.07) is 4.43. The van der Waals surface area contributed by atoms with E-state index in [9.17, 15) is 19.2 Å². The van der Waals surface area contributed by atoms with Crippen molar-refractivity contribution < 1.29 is 19.2 Å². The molecule has 2 saturated heterocycles. The molecule has 1 unspecified atom stereocenters. The Balaban J connectivity index is 1.34. The Hall–Kier alpha value is -3.11. The summed E-state index contributed by atoms with van der Waals surface area (Å²) in [7, 11) is 0. The third kappa shape index (κ3) is 3.51. The van der Waals surface area contributed by atoms with Gasteiger partial charge in [0.15, 0.2) is 5.13 Å². The van der Waals surface area contributed by atoms with Crippen LogP contribution in [-0.2, 0) is 16.1 Å². The Bertz CT molecular complexity index is 1090. The number of carbonyl (C=O) groups excluding carboxylic acids is 4. The molecule has 0 bridgehead atoms. The first-order valence-corrected chi connectivity index (χ1v) is 11.2. The number of aromatic nitrogens is 1. The molecule has 31 heavy (non-hydrogen) atoms. The van der Waals surface area contributed by atoms with Gasteiger partial charge in [-0.2, -0.15) is 0 Å². The van der Waals surface area contributed by atoms with Gasteiger partial charge in [-0.25, -0.2) is 4.98 Å². The van der Waals surface area contributed by atoms with Gasteiger partial charge in [-0.15, -0.1) is 11.3 Å². The number of nitrogens with one attached hydrogen (secondary N) is 3. The van der Waals surface area contributed by atoms with Crippen molar-refractivity contribution in [2.75, 3.05) is 11.9 Å². The van der Waals surface area contributed by atoms with Crippen LogP contribution in [0.15, 0.2) is 23.6 Å². The Morgan fingerprint density at radius 2 is 2.03 bits per heavy atom. The van der Waals surface area contributed by atoms with Gasteiger partial charge < -0.3 is 10.6 Å². The van der Waals surface area contributed by atoms with Crippen LogP contribution in [0.4, 0.5) is 5.13 Å². The predicted molar refractivity (Wildman–Crippen MR) is 113 cm³/mol. The van der Waals surface area contributed by atoms with Gasteiger partial charge in [-0.1, -0.05) is 12.1 Å². The number of benzene rings is 1. The number of nitrogens with zero attached hydrogens (tertiary/aromatic N) is 2. The fourth-order valence-electron chi connectivity index (χ4n) is 4.37. The lowest BCUT2D eigenvalue weighted by Crippen LogP contribution is -2.54. The highest BCUT2D eigenvalue weighted by Crippen LogP contribution is 2.31. The van der Waals surface area contributed by atoms with Crippen LogP contribution in [0.2, 0.25) is 0 Å². The minimum absolute atomic E-state index is 0.0977. The number of fused-ring (bicyclic) bond motifs is 1. The molecule has 2 aromatic rings. The van der Waals surface area contributed by atoms with Gasteiger partial charge >= 0.3 is 0 Å². The SMILES string of the molecule is O=C1CCC(N2C(=O)c3cccc(CNc4nc([C@@H]5CCCN5)cs4)c3C2=O)C(=O)N1. The summed E-state index contributed by atoms with van der Waals surface area (Å²) in [5.74, 6) is -2.00. The van der Waals surface area contributed by atoms with Gasteiger partial charge in [0.05, 0.1) is 22.9 Å². The van der Waals surface area contributed by atoms with Gasteiger partial charge in [0, 0.05) is 18.3 Å². The molecule has 0 spiro atoms. The van der Waals surface area contributed by atoms with Crippen LogP contribution < -0.4 is 16.0 Å². The monoisotopic (exact) mass is 439 g/mol. The summed E-state index contributed by atoms with van der Waals surface area (Å²) in [5, 5.41) is 11.7. The van der Waals surface area contributed by atoms with Crippen molar-refractivity contribution in [3.8, 4) is 0 Å². The maximum atomic E-state index is 13.1. The van der Waals surface area contributed by atoms with E-state index in [0.717, 1.165) is 35.1 Å². The second-order valence-corrected chi connectivity index (χ2v) is 8.73. The molecular formula is C21H21N5O4S. The molecule has 4 heterocycles. The van der Waals surface area contributed by atoms with Crippen LogP contribution in [0.25, 0.3) is 0 Å². The van der Waals surface area contributed by atoms with Crippen LogP contribution >= 0.6 is 11.3 Å². The molecule has 1 aromatic carbocycles. The highest BCUT2D eigenvalue weighted by molar-refractivity contribution is 7.13. The molecule has 3 aliphatic rings. The molecule has 160 valence electrons. The third-order valence-corrected chi connectivity index (χ3v) is 6.74. The number of carbonyl (C=O) groups is 4. The second kappa shape index (κ2) is 7.86. The van der Waals surface area contributed by atoms with Crippen molar-refractivity contribution in [3.63, 3.8) is 0 Å². The summed E-state index contributed by atoms with van der Waals surface area (Å²) in [4.78, 5) is 55.4. The van der Waals surface area contributed by atoms with Crippen LogP contribution in [0.3, 0.4) is 0 Å². The Morgan fingerprint density at radius 3 is 2.81 bits per heavy atom. The fraction of sp³-hybridized carbons (Fsp3) is 0.381. The Morgan fingerprint density at radius 1 is 1.16 bits per heavy atom. The number of thiazole rings is 1. The number of piperidine rings is 1. The van der Waals surface area contributed by atoms with Crippen molar-refractivity contribution >= 4 is 40.1 Å². The lowest BCUT2D eigenvalue weighted by atomic mass is 10.0. The van der Waals surface area contributed by atoms with Crippen molar-refractivity contribution in [1.82, 2.24) is 20.5 Å². The number of imide groups is 2. The van der Waals surface area contributed by atoms with E-state index >= 15 is 0 Å². The van der Waals surface area contributed by atoms with Gasteiger partial charge in [0.25, 0.3) is 11.8 Å². The molecule has 3 aliphatic heterocycles. The number of hydrogen-bond acceptors (Lipinski definition) is 8. The van der Waals surface area contributed by atoms with Crippen molar-refractivity contribution in [1.29, 1.82) is 0 Å². The lowest BCUT2D eigenvalue weighted by molar-refractivity contribution is -0.136. The molecule has 0 radical (unpaired) electrons. The van der Waals surface area contributed by atoms with E-state index in [0.29, 0.717) is 17.7 Å². The summed E-state index contributed by atoms with van der Waals surface area (Å²) in [5.41, 5.74) is 2.27. The molecule has 5 rings (SSSR count). The summed E-state index contributed by atoms with van der Waals surface area (Å²) < 4.78 is 0. The first-order valence-electron chi connectivity index (χ1n) is 10.3. The molecule has 2 fully saturated rings. The zero-order valence-corrected chi connectivity index (χ0v) is 17.5. The molecule has 3 N–H and O–H groups in total. The van der Waals surface area contributed by atoms with E-state index in [1.54, 1.807) is 18.2 Å². The standard InChI is InChI=1S/C21H21N5O4S/c27-16-7-6-15(18(28)25-16)26-19(29)12-4-1-3-11(17(12)20(26)30)9-23-21-24-14(10-31-21)13-5-2-8-22-13/h1,3-4,10,13,15,22H,2,5-9H2,(H,23,24)(H,25,27,28)/t13-,15?/m0/s1. The molecule has 0 aliphatic carbocycles.